The number of rotatable bonds is 6. The van der Waals surface area contributed by atoms with Gasteiger partial charge in [-0.1, -0.05) is 26.0 Å². The number of benzene rings is 1. The zero-order chi connectivity index (χ0) is 13.8. The zero-order valence-electron chi connectivity index (χ0n) is 12.1. The summed E-state index contributed by atoms with van der Waals surface area (Å²) in [7, 11) is 0. The van der Waals surface area contributed by atoms with E-state index in [1.54, 1.807) is 0 Å². The highest BCUT2D eigenvalue weighted by Gasteiger charge is 2.15. The van der Waals surface area contributed by atoms with Gasteiger partial charge in [-0.25, -0.2) is 4.98 Å². The summed E-state index contributed by atoms with van der Waals surface area (Å²) in [6.45, 7) is 7.53. The van der Waals surface area contributed by atoms with Crippen LogP contribution in [0.3, 0.4) is 0 Å². The van der Waals surface area contributed by atoms with Gasteiger partial charge < -0.3 is 4.57 Å². The Labute approximate surface area is 115 Å². The maximum Gasteiger partial charge on any atom is 0.111 e. The Bertz CT molecular complexity index is 530. The minimum atomic E-state index is 0.280. The molecule has 0 spiro atoms. The quantitative estimate of drug-likeness (QED) is 0.619. The Hall–Kier alpha value is -1.39. The molecule has 0 radical (unpaired) electrons. The number of aryl methyl sites for hydroxylation is 1. The van der Waals surface area contributed by atoms with Crippen LogP contribution in [-0.4, -0.2) is 15.6 Å². The third kappa shape index (κ3) is 3.14. The zero-order valence-corrected chi connectivity index (χ0v) is 12.1. The van der Waals surface area contributed by atoms with Crippen LogP contribution in [0.1, 0.15) is 33.0 Å². The predicted octanol–water partition coefficient (Wildman–Crippen LogP) is 2.48. The van der Waals surface area contributed by atoms with Gasteiger partial charge in [-0.3, -0.25) is 11.3 Å². The molecular weight excluding hydrogens is 236 g/mol. The molecule has 1 heterocycles. The average Bonchev–Trinajstić information content (AvgIpc) is 2.74. The van der Waals surface area contributed by atoms with Crippen LogP contribution in [0.4, 0.5) is 0 Å². The van der Waals surface area contributed by atoms with E-state index in [2.05, 4.69) is 49.0 Å². The summed E-state index contributed by atoms with van der Waals surface area (Å²) in [5.74, 6) is 7.41. The van der Waals surface area contributed by atoms with Crippen molar-refractivity contribution >= 4 is 11.0 Å². The molecular formula is C15H24N4. The van der Waals surface area contributed by atoms with Crippen molar-refractivity contribution in [2.24, 2.45) is 11.8 Å². The summed E-state index contributed by atoms with van der Waals surface area (Å²) >= 11 is 0. The van der Waals surface area contributed by atoms with Gasteiger partial charge in [-0.05, 0) is 31.4 Å². The largest absolute Gasteiger partial charge is 0.328 e. The summed E-state index contributed by atoms with van der Waals surface area (Å²) in [5.41, 5.74) is 5.20. The number of para-hydroxylation sites is 2. The molecule has 0 amide bonds. The van der Waals surface area contributed by atoms with Crippen LogP contribution in [0.5, 0.6) is 0 Å². The minimum Gasteiger partial charge on any atom is -0.328 e. The molecule has 19 heavy (non-hydrogen) atoms. The van der Waals surface area contributed by atoms with Crippen LogP contribution in [0.25, 0.3) is 11.0 Å². The number of hydrogen-bond donors (Lipinski definition) is 2. The lowest BCUT2D eigenvalue weighted by Crippen LogP contribution is -2.38. The molecule has 1 aromatic heterocycles. The lowest BCUT2D eigenvalue weighted by molar-refractivity contribution is 0.413. The minimum absolute atomic E-state index is 0.280. The number of hydrazine groups is 1. The molecule has 0 aliphatic heterocycles. The third-order valence-electron chi connectivity index (χ3n) is 3.47. The standard InChI is InChI=1S/C15H24N4/c1-4-19-14-8-6-5-7-13(14)17-15(19)10-12(18-16)9-11(2)3/h5-8,11-12,18H,4,9-10,16H2,1-3H3. The van der Waals surface area contributed by atoms with Crippen molar-refractivity contribution in [1.82, 2.24) is 15.0 Å². The fourth-order valence-electron chi connectivity index (χ4n) is 2.63. The van der Waals surface area contributed by atoms with Crippen molar-refractivity contribution in [2.75, 3.05) is 0 Å². The van der Waals surface area contributed by atoms with Crippen molar-refractivity contribution in [3.8, 4) is 0 Å². The van der Waals surface area contributed by atoms with E-state index in [-0.39, 0.29) is 6.04 Å². The molecule has 1 atom stereocenters. The highest BCUT2D eigenvalue weighted by molar-refractivity contribution is 5.75. The lowest BCUT2D eigenvalue weighted by Gasteiger charge is -2.18. The van der Waals surface area contributed by atoms with Gasteiger partial charge >= 0.3 is 0 Å². The van der Waals surface area contributed by atoms with Crippen LogP contribution < -0.4 is 11.3 Å². The maximum absolute atomic E-state index is 5.67. The fraction of sp³-hybridized carbons (Fsp3) is 0.533. The number of nitrogens with two attached hydrogens (primary N) is 1. The SMILES string of the molecule is CCn1c(CC(CC(C)C)NN)nc2ccccc21. The number of nitrogens with one attached hydrogen (secondary N) is 1. The highest BCUT2D eigenvalue weighted by Crippen LogP contribution is 2.18. The molecule has 0 aliphatic carbocycles. The average molecular weight is 260 g/mol. The third-order valence-corrected chi connectivity index (χ3v) is 3.47. The summed E-state index contributed by atoms with van der Waals surface area (Å²) in [6, 6.07) is 8.57. The van der Waals surface area contributed by atoms with Gasteiger partial charge in [0.1, 0.15) is 5.82 Å². The number of aromatic nitrogens is 2. The van der Waals surface area contributed by atoms with Crippen LogP contribution in [0.15, 0.2) is 24.3 Å². The topological polar surface area (TPSA) is 55.9 Å². The Morgan fingerprint density at radius 1 is 1.32 bits per heavy atom. The van der Waals surface area contributed by atoms with Crippen LogP contribution in [0, 0.1) is 5.92 Å². The van der Waals surface area contributed by atoms with E-state index in [9.17, 15) is 0 Å². The van der Waals surface area contributed by atoms with Gasteiger partial charge in [0.2, 0.25) is 0 Å². The lowest BCUT2D eigenvalue weighted by atomic mass is 10.0. The maximum atomic E-state index is 5.67. The first-order chi connectivity index (χ1) is 9.15. The van der Waals surface area contributed by atoms with Crippen molar-refractivity contribution in [1.29, 1.82) is 0 Å². The molecule has 4 nitrogen and oxygen atoms in total. The molecule has 0 saturated carbocycles. The smallest absolute Gasteiger partial charge is 0.111 e. The molecule has 2 aromatic rings. The van der Waals surface area contributed by atoms with Crippen LogP contribution >= 0.6 is 0 Å². The van der Waals surface area contributed by atoms with Gasteiger partial charge in [0.15, 0.2) is 0 Å². The fourth-order valence-corrected chi connectivity index (χ4v) is 2.63. The van der Waals surface area contributed by atoms with Crippen molar-refractivity contribution < 1.29 is 0 Å². The monoisotopic (exact) mass is 260 g/mol. The van der Waals surface area contributed by atoms with Crippen molar-refractivity contribution in [3.05, 3.63) is 30.1 Å². The van der Waals surface area contributed by atoms with Gasteiger partial charge in [0.05, 0.1) is 11.0 Å². The van der Waals surface area contributed by atoms with Gasteiger partial charge in [-0.2, -0.15) is 0 Å². The first kappa shape index (κ1) is 14.0. The normalized spacial score (nSPS) is 13.3. The molecule has 3 N–H and O–H groups in total. The van der Waals surface area contributed by atoms with Crippen LogP contribution in [-0.2, 0) is 13.0 Å². The number of hydrogen-bond acceptors (Lipinski definition) is 3. The molecule has 1 unspecified atom stereocenters. The Morgan fingerprint density at radius 3 is 2.68 bits per heavy atom. The second-order valence-corrected chi connectivity index (χ2v) is 5.46. The molecule has 0 bridgehead atoms. The molecule has 1 aromatic carbocycles. The number of imidazole rings is 1. The van der Waals surface area contributed by atoms with Gasteiger partial charge in [-0.15, -0.1) is 0 Å². The predicted molar refractivity (Wildman–Crippen MR) is 79.7 cm³/mol. The number of nitrogens with zero attached hydrogens (tertiary/aromatic N) is 2. The van der Waals surface area contributed by atoms with E-state index < -0.39 is 0 Å². The highest BCUT2D eigenvalue weighted by atomic mass is 15.2. The molecule has 0 aliphatic rings. The molecule has 4 heteroatoms. The Kier molecular flexibility index (Phi) is 4.56. The summed E-state index contributed by atoms with van der Waals surface area (Å²) < 4.78 is 2.28. The van der Waals surface area contributed by atoms with Crippen molar-refractivity contribution in [3.63, 3.8) is 0 Å². The van der Waals surface area contributed by atoms with Crippen molar-refractivity contribution in [2.45, 2.75) is 46.2 Å². The summed E-state index contributed by atoms with van der Waals surface area (Å²) in [5, 5.41) is 0. The summed E-state index contributed by atoms with van der Waals surface area (Å²) in [6.07, 6.45) is 1.93. The molecule has 0 saturated heterocycles. The number of fused-ring (bicyclic) bond motifs is 1. The van der Waals surface area contributed by atoms with Crippen LogP contribution in [0.2, 0.25) is 0 Å². The second-order valence-electron chi connectivity index (χ2n) is 5.46. The second kappa shape index (κ2) is 6.17. The first-order valence-corrected chi connectivity index (χ1v) is 7.06. The van der Waals surface area contributed by atoms with E-state index in [1.165, 1.54) is 5.52 Å². The Balaban J connectivity index is 2.28. The van der Waals surface area contributed by atoms with E-state index in [0.717, 1.165) is 30.7 Å². The molecule has 104 valence electrons. The Morgan fingerprint density at radius 2 is 2.05 bits per heavy atom. The van der Waals surface area contributed by atoms with E-state index in [0.29, 0.717) is 5.92 Å². The van der Waals surface area contributed by atoms with Gasteiger partial charge in [0.25, 0.3) is 0 Å². The molecule has 0 fully saturated rings. The van der Waals surface area contributed by atoms with E-state index in [4.69, 9.17) is 10.8 Å². The van der Waals surface area contributed by atoms with E-state index in [1.807, 2.05) is 6.07 Å². The van der Waals surface area contributed by atoms with E-state index >= 15 is 0 Å². The summed E-state index contributed by atoms with van der Waals surface area (Å²) in [4.78, 5) is 4.75. The molecule has 2 rings (SSSR count). The van der Waals surface area contributed by atoms with Gasteiger partial charge in [0, 0.05) is 19.0 Å². The first-order valence-electron chi connectivity index (χ1n) is 7.06.